The number of aryl methyl sites for hydroxylation is 1. The summed E-state index contributed by atoms with van der Waals surface area (Å²) in [6, 6.07) is 0. The van der Waals surface area contributed by atoms with Crippen molar-refractivity contribution in [3.63, 3.8) is 0 Å². The van der Waals surface area contributed by atoms with Gasteiger partial charge in [0.15, 0.2) is 0 Å². The molecule has 0 bridgehead atoms. The minimum absolute atomic E-state index is 0.235. The summed E-state index contributed by atoms with van der Waals surface area (Å²) >= 11 is 1.41. The molecule has 3 rings (SSSR count). The lowest BCUT2D eigenvalue weighted by atomic mass is 10.0. The fourth-order valence-electron chi connectivity index (χ4n) is 2.59. The smallest absolute Gasteiger partial charge is 0.270 e. The van der Waals surface area contributed by atoms with Gasteiger partial charge in [0.05, 0.1) is 11.8 Å². The maximum Gasteiger partial charge on any atom is 0.270 e. The van der Waals surface area contributed by atoms with Crippen molar-refractivity contribution < 1.29 is 9.90 Å². The van der Waals surface area contributed by atoms with Gasteiger partial charge in [-0.2, -0.15) is 5.10 Å². The Morgan fingerprint density at radius 2 is 2.29 bits per heavy atom. The molecule has 1 saturated carbocycles. The Labute approximate surface area is 126 Å². The van der Waals surface area contributed by atoms with Gasteiger partial charge in [-0.25, -0.2) is 4.98 Å². The molecule has 0 saturated heterocycles. The summed E-state index contributed by atoms with van der Waals surface area (Å²) in [7, 11) is 1.84. The maximum absolute atomic E-state index is 12.1. The highest BCUT2D eigenvalue weighted by molar-refractivity contribution is 7.13. The summed E-state index contributed by atoms with van der Waals surface area (Å²) in [5.41, 5.74) is 0.550. The average molecular weight is 306 g/mol. The minimum Gasteiger partial charge on any atom is -0.388 e. The number of hydrogen-bond acceptors (Lipinski definition) is 5. The molecule has 21 heavy (non-hydrogen) atoms. The molecule has 0 radical (unpaired) electrons. The average Bonchev–Trinajstić information content (AvgIpc) is 3.16. The highest BCUT2D eigenvalue weighted by atomic mass is 32.1. The van der Waals surface area contributed by atoms with Crippen LogP contribution in [0.15, 0.2) is 17.8 Å². The summed E-state index contributed by atoms with van der Waals surface area (Å²) in [6.07, 6.45) is 7.14. The zero-order valence-electron chi connectivity index (χ0n) is 11.9. The number of thiazole rings is 1. The highest BCUT2D eigenvalue weighted by Crippen LogP contribution is 2.28. The molecule has 2 N–H and O–H groups in total. The normalized spacial score (nSPS) is 17.0. The summed E-state index contributed by atoms with van der Waals surface area (Å²) in [5, 5.41) is 19.6. The molecule has 0 aliphatic heterocycles. The molecule has 1 fully saturated rings. The molecular formula is C14H18N4O2S. The Hall–Kier alpha value is -1.73. The topological polar surface area (TPSA) is 80.0 Å². The van der Waals surface area contributed by atoms with Gasteiger partial charge in [-0.05, 0) is 12.8 Å². The van der Waals surface area contributed by atoms with Gasteiger partial charge in [0.2, 0.25) is 0 Å². The second kappa shape index (κ2) is 5.57. The third-order valence-corrected chi connectivity index (χ3v) is 4.69. The van der Waals surface area contributed by atoms with Gasteiger partial charge < -0.3 is 10.4 Å². The molecule has 112 valence electrons. The predicted molar refractivity (Wildman–Crippen MR) is 80.1 cm³/mol. The lowest BCUT2D eigenvalue weighted by Gasteiger charge is -2.21. The lowest BCUT2D eigenvalue weighted by Crippen LogP contribution is -2.40. The van der Waals surface area contributed by atoms with Crippen molar-refractivity contribution in [2.45, 2.75) is 31.3 Å². The molecule has 0 aromatic carbocycles. The van der Waals surface area contributed by atoms with Crippen LogP contribution in [-0.2, 0) is 7.05 Å². The van der Waals surface area contributed by atoms with E-state index in [1.54, 1.807) is 16.3 Å². The molecule has 2 aromatic rings. The largest absolute Gasteiger partial charge is 0.388 e. The zero-order valence-corrected chi connectivity index (χ0v) is 12.7. The van der Waals surface area contributed by atoms with E-state index in [9.17, 15) is 9.90 Å². The third kappa shape index (κ3) is 3.14. The van der Waals surface area contributed by atoms with E-state index >= 15 is 0 Å². The fourth-order valence-corrected chi connectivity index (χ4v) is 3.36. The van der Waals surface area contributed by atoms with Crippen molar-refractivity contribution in [3.05, 3.63) is 23.5 Å². The fraction of sp³-hybridized carbons (Fsp3) is 0.500. The number of aromatic nitrogens is 3. The van der Waals surface area contributed by atoms with Crippen LogP contribution in [0.25, 0.3) is 10.6 Å². The number of hydrogen-bond donors (Lipinski definition) is 2. The second-order valence-electron chi connectivity index (χ2n) is 5.55. The van der Waals surface area contributed by atoms with Gasteiger partial charge in [0.25, 0.3) is 5.91 Å². The number of rotatable bonds is 4. The first kappa shape index (κ1) is 14.2. The first-order chi connectivity index (χ1) is 10.1. The Morgan fingerprint density at radius 3 is 2.95 bits per heavy atom. The quantitative estimate of drug-likeness (QED) is 0.898. The third-order valence-electron chi connectivity index (χ3n) is 3.80. The monoisotopic (exact) mass is 306 g/mol. The molecule has 6 nitrogen and oxygen atoms in total. The molecule has 1 aliphatic rings. The molecule has 0 unspecified atom stereocenters. The second-order valence-corrected chi connectivity index (χ2v) is 6.41. The van der Waals surface area contributed by atoms with Gasteiger partial charge in [0, 0.05) is 30.7 Å². The summed E-state index contributed by atoms with van der Waals surface area (Å²) < 4.78 is 1.70. The van der Waals surface area contributed by atoms with Crippen LogP contribution in [0.4, 0.5) is 0 Å². The van der Waals surface area contributed by atoms with Crippen molar-refractivity contribution in [1.82, 2.24) is 20.1 Å². The van der Waals surface area contributed by atoms with Gasteiger partial charge in [-0.3, -0.25) is 9.48 Å². The van der Waals surface area contributed by atoms with Gasteiger partial charge in [0.1, 0.15) is 10.7 Å². The summed E-state index contributed by atoms with van der Waals surface area (Å²) in [4.78, 5) is 16.4. The zero-order chi connectivity index (χ0) is 14.9. The number of nitrogens with zero attached hydrogens (tertiary/aromatic N) is 3. The maximum atomic E-state index is 12.1. The van der Waals surface area contributed by atoms with E-state index in [-0.39, 0.29) is 5.91 Å². The van der Waals surface area contributed by atoms with Crippen molar-refractivity contribution in [2.24, 2.45) is 7.05 Å². The van der Waals surface area contributed by atoms with E-state index in [1.807, 2.05) is 13.2 Å². The minimum atomic E-state index is -0.738. The van der Waals surface area contributed by atoms with Crippen LogP contribution in [0.2, 0.25) is 0 Å². The Kier molecular flexibility index (Phi) is 3.77. The highest BCUT2D eigenvalue weighted by Gasteiger charge is 2.31. The van der Waals surface area contributed by atoms with E-state index < -0.39 is 5.60 Å². The van der Waals surface area contributed by atoms with Gasteiger partial charge in [-0.15, -0.1) is 11.3 Å². The number of carbonyl (C=O) groups excluding carboxylic acids is 1. The molecule has 1 aliphatic carbocycles. The molecule has 7 heteroatoms. The Bertz CT molecular complexity index is 643. The lowest BCUT2D eigenvalue weighted by molar-refractivity contribution is 0.0449. The van der Waals surface area contributed by atoms with Crippen molar-refractivity contribution in [1.29, 1.82) is 0 Å². The van der Waals surface area contributed by atoms with Crippen LogP contribution in [0.1, 0.15) is 36.2 Å². The van der Waals surface area contributed by atoms with Crippen LogP contribution in [-0.4, -0.2) is 37.9 Å². The first-order valence-corrected chi connectivity index (χ1v) is 7.89. The van der Waals surface area contributed by atoms with Crippen LogP contribution >= 0.6 is 11.3 Å². The molecular weight excluding hydrogens is 288 g/mol. The van der Waals surface area contributed by atoms with Crippen LogP contribution < -0.4 is 5.32 Å². The van der Waals surface area contributed by atoms with E-state index in [4.69, 9.17) is 0 Å². The van der Waals surface area contributed by atoms with E-state index in [0.717, 1.165) is 36.3 Å². The summed E-state index contributed by atoms with van der Waals surface area (Å²) in [5.74, 6) is -0.235. The molecule has 2 aromatic heterocycles. The standard InChI is InChI=1S/C14H18N4O2S/c1-18-7-10(6-16-18)13-17-11(8-21-13)12(19)15-9-14(20)4-2-3-5-14/h6-8,20H,2-5,9H2,1H3,(H,15,19). The van der Waals surface area contributed by atoms with Crippen molar-refractivity contribution in [3.8, 4) is 10.6 Å². The molecule has 0 spiro atoms. The number of carbonyl (C=O) groups is 1. The Morgan fingerprint density at radius 1 is 1.52 bits per heavy atom. The number of amides is 1. The van der Waals surface area contributed by atoms with Crippen LogP contribution in [0, 0.1) is 0 Å². The van der Waals surface area contributed by atoms with E-state index in [1.165, 1.54) is 11.3 Å². The SMILES string of the molecule is Cn1cc(-c2nc(C(=O)NCC3(O)CCCC3)cs2)cn1. The molecule has 1 amide bonds. The van der Waals surface area contributed by atoms with E-state index in [0.29, 0.717) is 12.2 Å². The van der Waals surface area contributed by atoms with Gasteiger partial charge >= 0.3 is 0 Å². The van der Waals surface area contributed by atoms with Crippen molar-refractivity contribution >= 4 is 17.2 Å². The van der Waals surface area contributed by atoms with E-state index in [2.05, 4.69) is 15.4 Å². The number of nitrogens with one attached hydrogen (secondary N) is 1. The summed E-state index contributed by atoms with van der Waals surface area (Å²) in [6.45, 7) is 0.297. The predicted octanol–water partition coefficient (Wildman–Crippen LogP) is 1.58. The Balaban J connectivity index is 1.64. The van der Waals surface area contributed by atoms with Crippen LogP contribution in [0.5, 0.6) is 0 Å². The van der Waals surface area contributed by atoms with Gasteiger partial charge in [-0.1, -0.05) is 12.8 Å². The van der Waals surface area contributed by atoms with Crippen molar-refractivity contribution in [2.75, 3.05) is 6.54 Å². The first-order valence-electron chi connectivity index (χ1n) is 7.01. The number of aliphatic hydroxyl groups is 1. The van der Waals surface area contributed by atoms with Crippen LogP contribution in [0.3, 0.4) is 0 Å². The molecule has 2 heterocycles. The molecule has 0 atom stereocenters.